The predicted molar refractivity (Wildman–Crippen MR) is 67.4 cm³/mol. The van der Waals surface area contributed by atoms with Crippen LogP contribution in [0.1, 0.15) is 44.3 Å². The van der Waals surface area contributed by atoms with Crippen LogP contribution in [0.4, 0.5) is 0 Å². The zero-order chi connectivity index (χ0) is 12.0. The van der Waals surface area contributed by atoms with Crippen molar-refractivity contribution >= 4 is 0 Å². The van der Waals surface area contributed by atoms with Gasteiger partial charge < -0.3 is 10.2 Å². The number of aryl methyl sites for hydroxylation is 1. The third-order valence-corrected chi connectivity index (χ3v) is 2.96. The van der Waals surface area contributed by atoms with E-state index in [4.69, 9.17) is 10.2 Å². The minimum atomic E-state index is 0.227. The lowest BCUT2D eigenvalue weighted by molar-refractivity contribution is 0.184. The Bertz CT molecular complexity index is 296. The van der Waals surface area contributed by atoms with Crippen LogP contribution >= 0.6 is 0 Å². The molecule has 0 aliphatic carbocycles. The maximum Gasteiger partial charge on any atom is 0.122 e. The molecule has 0 bridgehead atoms. The molecular weight excluding hydrogens is 200 g/mol. The molecule has 0 spiro atoms. The molecule has 3 heteroatoms. The van der Waals surface area contributed by atoms with Crippen molar-refractivity contribution in [1.82, 2.24) is 4.90 Å². The van der Waals surface area contributed by atoms with E-state index in [1.54, 1.807) is 0 Å². The average molecular weight is 224 g/mol. The highest BCUT2D eigenvalue weighted by molar-refractivity contribution is 5.10. The molecule has 16 heavy (non-hydrogen) atoms. The third-order valence-electron chi connectivity index (χ3n) is 2.96. The summed E-state index contributed by atoms with van der Waals surface area (Å²) in [7, 11) is 0. The maximum atomic E-state index is 5.86. The van der Waals surface area contributed by atoms with Crippen molar-refractivity contribution in [2.45, 2.75) is 39.7 Å². The number of unbranched alkanes of at least 4 members (excludes halogenated alkanes) is 1. The van der Waals surface area contributed by atoms with Gasteiger partial charge in [0.15, 0.2) is 0 Å². The van der Waals surface area contributed by atoms with Crippen LogP contribution in [0.5, 0.6) is 0 Å². The van der Waals surface area contributed by atoms with Crippen LogP contribution in [0.3, 0.4) is 0 Å². The summed E-state index contributed by atoms with van der Waals surface area (Å²) in [5.41, 5.74) is 5.86. The first-order chi connectivity index (χ1) is 7.72. The summed E-state index contributed by atoms with van der Waals surface area (Å²) in [6.45, 7) is 9.08. The topological polar surface area (TPSA) is 42.4 Å². The van der Waals surface area contributed by atoms with Crippen molar-refractivity contribution in [3.05, 3.63) is 23.7 Å². The fraction of sp³-hybridized carbons (Fsp3) is 0.692. The molecule has 1 aromatic rings. The predicted octanol–water partition coefficient (Wildman–Crippen LogP) is 2.71. The fourth-order valence-corrected chi connectivity index (χ4v) is 1.97. The van der Waals surface area contributed by atoms with Gasteiger partial charge in [0.25, 0.3) is 0 Å². The molecule has 0 amide bonds. The Morgan fingerprint density at radius 1 is 1.38 bits per heavy atom. The zero-order valence-corrected chi connectivity index (χ0v) is 10.7. The van der Waals surface area contributed by atoms with Gasteiger partial charge in [-0.15, -0.1) is 0 Å². The van der Waals surface area contributed by atoms with Gasteiger partial charge in [0.2, 0.25) is 0 Å². The van der Waals surface area contributed by atoms with E-state index in [2.05, 4.69) is 18.7 Å². The minimum absolute atomic E-state index is 0.227. The Morgan fingerprint density at radius 2 is 2.12 bits per heavy atom. The second kappa shape index (κ2) is 6.71. The molecule has 2 N–H and O–H groups in total. The van der Waals surface area contributed by atoms with E-state index >= 15 is 0 Å². The normalized spacial score (nSPS) is 13.3. The van der Waals surface area contributed by atoms with Crippen LogP contribution in [0.2, 0.25) is 0 Å². The summed E-state index contributed by atoms with van der Waals surface area (Å²) in [4.78, 5) is 2.39. The van der Waals surface area contributed by atoms with Gasteiger partial charge in [-0.05, 0) is 38.6 Å². The van der Waals surface area contributed by atoms with Crippen LogP contribution in [0.25, 0.3) is 0 Å². The van der Waals surface area contributed by atoms with Crippen molar-refractivity contribution in [2.24, 2.45) is 5.73 Å². The highest BCUT2D eigenvalue weighted by Gasteiger charge is 2.19. The highest BCUT2D eigenvalue weighted by Crippen LogP contribution is 2.22. The second-order valence-electron chi connectivity index (χ2n) is 4.18. The van der Waals surface area contributed by atoms with Crippen molar-refractivity contribution in [2.75, 3.05) is 19.6 Å². The lowest BCUT2D eigenvalue weighted by atomic mass is 10.1. The van der Waals surface area contributed by atoms with E-state index in [9.17, 15) is 0 Å². The standard InChI is InChI=1S/C13H24N2O/c1-4-6-9-15(5-2)12(10-14)13-8-7-11(3)16-13/h7-8,12H,4-6,9-10,14H2,1-3H3. The number of nitrogens with two attached hydrogens (primary N) is 1. The summed E-state index contributed by atoms with van der Waals surface area (Å²) in [5, 5.41) is 0. The van der Waals surface area contributed by atoms with Crippen molar-refractivity contribution in [1.29, 1.82) is 0 Å². The van der Waals surface area contributed by atoms with Gasteiger partial charge in [0, 0.05) is 6.54 Å². The maximum absolute atomic E-state index is 5.86. The molecular formula is C13H24N2O. The highest BCUT2D eigenvalue weighted by atomic mass is 16.3. The van der Waals surface area contributed by atoms with Crippen molar-refractivity contribution in [3.63, 3.8) is 0 Å². The van der Waals surface area contributed by atoms with E-state index in [1.807, 2.05) is 19.1 Å². The van der Waals surface area contributed by atoms with E-state index in [-0.39, 0.29) is 6.04 Å². The van der Waals surface area contributed by atoms with E-state index in [1.165, 1.54) is 12.8 Å². The van der Waals surface area contributed by atoms with Crippen molar-refractivity contribution in [3.8, 4) is 0 Å². The molecule has 0 saturated heterocycles. The number of rotatable bonds is 7. The average Bonchev–Trinajstić information content (AvgIpc) is 2.70. The molecule has 1 atom stereocenters. The summed E-state index contributed by atoms with van der Waals surface area (Å²) >= 11 is 0. The number of nitrogens with zero attached hydrogens (tertiary/aromatic N) is 1. The largest absolute Gasteiger partial charge is 0.465 e. The molecule has 0 saturated carbocycles. The smallest absolute Gasteiger partial charge is 0.122 e. The third kappa shape index (κ3) is 3.35. The number of hydrogen-bond acceptors (Lipinski definition) is 3. The molecule has 92 valence electrons. The fourth-order valence-electron chi connectivity index (χ4n) is 1.97. The number of likely N-dealkylation sites (N-methyl/N-ethyl adjacent to an activating group) is 1. The quantitative estimate of drug-likeness (QED) is 0.774. The van der Waals surface area contributed by atoms with Gasteiger partial charge in [0.1, 0.15) is 11.5 Å². The summed E-state index contributed by atoms with van der Waals surface area (Å²) in [6.07, 6.45) is 2.43. The Balaban J connectivity index is 2.70. The first-order valence-electron chi connectivity index (χ1n) is 6.23. The molecule has 0 aromatic carbocycles. The Labute approximate surface area is 98.6 Å². The molecule has 1 rings (SSSR count). The van der Waals surface area contributed by atoms with Crippen LogP contribution in [0.15, 0.2) is 16.5 Å². The lowest BCUT2D eigenvalue weighted by Crippen LogP contribution is -2.34. The summed E-state index contributed by atoms with van der Waals surface area (Å²) in [5.74, 6) is 1.96. The summed E-state index contributed by atoms with van der Waals surface area (Å²) in [6, 6.07) is 4.28. The monoisotopic (exact) mass is 224 g/mol. The molecule has 0 fully saturated rings. The van der Waals surface area contributed by atoms with E-state index < -0.39 is 0 Å². The second-order valence-corrected chi connectivity index (χ2v) is 4.18. The first-order valence-corrected chi connectivity index (χ1v) is 6.23. The molecule has 1 unspecified atom stereocenters. The molecule has 1 heterocycles. The Kier molecular flexibility index (Phi) is 5.56. The number of furan rings is 1. The van der Waals surface area contributed by atoms with Crippen LogP contribution in [-0.2, 0) is 0 Å². The zero-order valence-electron chi connectivity index (χ0n) is 10.7. The van der Waals surface area contributed by atoms with Gasteiger partial charge in [-0.1, -0.05) is 20.3 Å². The molecule has 1 aromatic heterocycles. The van der Waals surface area contributed by atoms with E-state index in [0.29, 0.717) is 6.54 Å². The Hall–Kier alpha value is -0.800. The van der Waals surface area contributed by atoms with Gasteiger partial charge in [-0.25, -0.2) is 0 Å². The molecule has 0 aliphatic heterocycles. The van der Waals surface area contributed by atoms with E-state index in [0.717, 1.165) is 24.6 Å². The molecule has 0 radical (unpaired) electrons. The van der Waals surface area contributed by atoms with Gasteiger partial charge >= 0.3 is 0 Å². The van der Waals surface area contributed by atoms with Crippen LogP contribution in [-0.4, -0.2) is 24.5 Å². The van der Waals surface area contributed by atoms with Gasteiger partial charge in [-0.2, -0.15) is 0 Å². The number of hydrogen-bond donors (Lipinski definition) is 1. The Morgan fingerprint density at radius 3 is 2.56 bits per heavy atom. The molecule has 3 nitrogen and oxygen atoms in total. The first kappa shape index (κ1) is 13.3. The van der Waals surface area contributed by atoms with Crippen molar-refractivity contribution < 1.29 is 4.42 Å². The van der Waals surface area contributed by atoms with Gasteiger partial charge in [-0.3, -0.25) is 4.90 Å². The SMILES string of the molecule is CCCCN(CC)C(CN)c1ccc(C)o1. The lowest BCUT2D eigenvalue weighted by Gasteiger charge is -2.28. The van der Waals surface area contributed by atoms with Crippen LogP contribution in [0, 0.1) is 6.92 Å². The molecule has 0 aliphatic rings. The summed E-state index contributed by atoms with van der Waals surface area (Å²) < 4.78 is 5.68. The van der Waals surface area contributed by atoms with Gasteiger partial charge in [0.05, 0.1) is 6.04 Å². The minimum Gasteiger partial charge on any atom is -0.465 e. The van der Waals surface area contributed by atoms with Crippen LogP contribution < -0.4 is 5.73 Å².